The van der Waals surface area contributed by atoms with Crippen LogP contribution in [0.3, 0.4) is 0 Å². The molecule has 24 heavy (non-hydrogen) atoms. The minimum Gasteiger partial charge on any atom is -0.312 e. The highest BCUT2D eigenvalue weighted by molar-refractivity contribution is 7.89. The molecule has 0 aromatic heterocycles. The van der Waals surface area contributed by atoms with Crippen molar-refractivity contribution in [1.82, 2.24) is 4.72 Å². The number of nitrogens with one attached hydrogen (secondary N) is 1. The summed E-state index contributed by atoms with van der Waals surface area (Å²) in [6, 6.07) is 10.7. The summed E-state index contributed by atoms with van der Waals surface area (Å²) in [4.78, 5) is 12.9. The lowest BCUT2D eigenvalue weighted by Gasteiger charge is -2.15. The number of amides is 1. The number of fused-ring (bicyclic) bond motifs is 1. The van der Waals surface area contributed by atoms with Gasteiger partial charge < -0.3 is 4.90 Å². The molecule has 0 bridgehead atoms. The molecule has 1 aliphatic heterocycles. The van der Waals surface area contributed by atoms with Crippen molar-refractivity contribution in [2.75, 3.05) is 11.4 Å². The quantitative estimate of drug-likeness (QED) is 0.921. The molecule has 0 spiro atoms. The van der Waals surface area contributed by atoms with Crippen LogP contribution in [0.2, 0.25) is 0 Å². The first-order valence-electron chi connectivity index (χ1n) is 7.52. The number of hydrogen-bond donors (Lipinski definition) is 1. The van der Waals surface area contributed by atoms with Crippen molar-refractivity contribution in [3.63, 3.8) is 0 Å². The lowest BCUT2D eigenvalue weighted by molar-refractivity contribution is -0.116. The van der Waals surface area contributed by atoms with E-state index in [0.29, 0.717) is 6.54 Å². The van der Waals surface area contributed by atoms with Crippen LogP contribution in [-0.4, -0.2) is 20.9 Å². The van der Waals surface area contributed by atoms with Crippen LogP contribution in [0.4, 0.5) is 10.1 Å². The highest BCUT2D eigenvalue weighted by Gasteiger charge is 2.23. The molecule has 126 valence electrons. The van der Waals surface area contributed by atoms with Crippen LogP contribution in [0.25, 0.3) is 0 Å². The summed E-state index contributed by atoms with van der Waals surface area (Å²) < 4.78 is 40.5. The Morgan fingerprint density at radius 3 is 2.71 bits per heavy atom. The number of benzene rings is 2. The Labute approximate surface area is 140 Å². The Morgan fingerprint density at radius 1 is 1.25 bits per heavy atom. The lowest BCUT2D eigenvalue weighted by Crippen LogP contribution is -2.25. The molecular formula is C17H17FN2O3S. The second-order valence-electron chi connectivity index (χ2n) is 5.64. The van der Waals surface area contributed by atoms with Gasteiger partial charge in [0.15, 0.2) is 0 Å². The molecule has 1 aliphatic rings. The molecule has 0 radical (unpaired) electrons. The summed E-state index contributed by atoms with van der Waals surface area (Å²) in [5.41, 5.74) is 2.63. The van der Waals surface area contributed by atoms with Gasteiger partial charge in [-0.15, -0.1) is 0 Å². The number of rotatable bonds is 4. The smallest absolute Gasteiger partial charge is 0.243 e. The predicted octanol–water partition coefficient (Wildman–Crippen LogP) is 2.21. The molecule has 3 rings (SSSR count). The third-order valence-corrected chi connectivity index (χ3v) is 5.45. The fraction of sp³-hybridized carbons (Fsp3) is 0.235. The Balaban J connectivity index is 1.76. The van der Waals surface area contributed by atoms with Gasteiger partial charge in [-0.2, -0.15) is 0 Å². The van der Waals surface area contributed by atoms with Crippen LogP contribution < -0.4 is 9.62 Å². The number of halogens is 1. The SMILES string of the molecule is CC(=O)N1CCc2cc(CNS(=O)(=O)c3ccccc3F)ccc21. The second-order valence-corrected chi connectivity index (χ2v) is 7.37. The highest BCUT2D eigenvalue weighted by atomic mass is 32.2. The van der Waals surface area contributed by atoms with E-state index >= 15 is 0 Å². The second kappa shape index (κ2) is 6.33. The van der Waals surface area contributed by atoms with E-state index in [0.717, 1.165) is 29.3 Å². The van der Waals surface area contributed by atoms with Crippen molar-refractivity contribution in [2.24, 2.45) is 0 Å². The number of carbonyl (C=O) groups is 1. The zero-order chi connectivity index (χ0) is 17.3. The van der Waals surface area contributed by atoms with Gasteiger partial charge in [-0.05, 0) is 35.7 Å². The van der Waals surface area contributed by atoms with Gasteiger partial charge in [0.25, 0.3) is 0 Å². The molecular weight excluding hydrogens is 331 g/mol. The first-order chi connectivity index (χ1) is 11.4. The summed E-state index contributed by atoms with van der Waals surface area (Å²) in [7, 11) is -3.92. The van der Waals surface area contributed by atoms with Gasteiger partial charge in [0.2, 0.25) is 15.9 Å². The molecule has 2 aromatic carbocycles. The molecule has 5 nitrogen and oxygen atoms in total. The third-order valence-electron chi connectivity index (χ3n) is 4.01. The zero-order valence-corrected chi connectivity index (χ0v) is 13.9. The van der Waals surface area contributed by atoms with Crippen molar-refractivity contribution < 1.29 is 17.6 Å². The molecule has 0 atom stereocenters. The fourth-order valence-corrected chi connectivity index (χ4v) is 3.91. The number of nitrogens with zero attached hydrogens (tertiary/aromatic N) is 1. The molecule has 1 heterocycles. The topological polar surface area (TPSA) is 66.5 Å². The monoisotopic (exact) mass is 348 g/mol. The summed E-state index contributed by atoms with van der Waals surface area (Å²) in [5.74, 6) is -0.794. The van der Waals surface area contributed by atoms with E-state index in [9.17, 15) is 17.6 Å². The maximum atomic E-state index is 13.7. The maximum Gasteiger partial charge on any atom is 0.243 e. The standard InChI is InChI=1S/C17H17FN2O3S/c1-12(21)20-9-8-14-10-13(6-7-16(14)20)11-19-24(22,23)17-5-3-2-4-15(17)18/h2-7,10,19H,8-9,11H2,1H3. The Bertz CT molecular complexity index is 896. The molecule has 0 saturated heterocycles. The number of anilines is 1. The number of hydrogen-bond acceptors (Lipinski definition) is 3. The van der Waals surface area contributed by atoms with E-state index in [-0.39, 0.29) is 17.3 Å². The van der Waals surface area contributed by atoms with Gasteiger partial charge in [-0.25, -0.2) is 17.5 Å². The lowest BCUT2D eigenvalue weighted by atomic mass is 10.1. The van der Waals surface area contributed by atoms with Gasteiger partial charge in [0.05, 0.1) is 0 Å². The van der Waals surface area contributed by atoms with Gasteiger partial charge >= 0.3 is 0 Å². The summed E-state index contributed by atoms with van der Waals surface area (Å²) >= 11 is 0. The highest BCUT2D eigenvalue weighted by Crippen LogP contribution is 2.29. The summed E-state index contributed by atoms with van der Waals surface area (Å²) in [6.45, 7) is 2.21. The van der Waals surface area contributed by atoms with E-state index in [2.05, 4.69) is 4.72 Å². The van der Waals surface area contributed by atoms with E-state index in [1.54, 1.807) is 11.0 Å². The maximum absolute atomic E-state index is 13.7. The largest absolute Gasteiger partial charge is 0.312 e. The summed E-state index contributed by atoms with van der Waals surface area (Å²) in [6.07, 6.45) is 0.739. The van der Waals surface area contributed by atoms with E-state index < -0.39 is 15.8 Å². The van der Waals surface area contributed by atoms with Crippen LogP contribution in [-0.2, 0) is 27.8 Å². The van der Waals surface area contributed by atoms with Crippen molar-refractivity contribution in [3.05, 3.63) is 59.4 Å². The Hall–Kier alpha value is -2.25. The Kier molecular flexibility index (Phi) is 4.38. The predicted molar refractivity (Wildman–Crippen MR) is 88.6 cm³/mol. The minimum atomic E-state index is -3.92. The van der Waals surface area contributed by atoms with Gasteiger partial charge in [0.1, 0.15) is 10.7 Å². The minimum absolute atomic E-state index is 0.0123. The summed E-state index contributed by atoms with van der Waals surface area (Å²) in [5, 5.41) is 0. The molecule has 2 aromatic rings. The molecule has 1 N–H and O–H groups in total. The van der Waals surface area contributed by atoms with E-state index in [1.165, 1.54) is 25.1 Å². The van der Waals surface area contributed by atoms with Gasteiger partial charge in [0, 0.05) is 25.7 Å². The van der Waals surface area contributed by atoms with E-state index in [4.69, 9.17) is 0 Å². The van der Waals surface area contributed by atoms with Crippen LogP contribution >= 0.6 is 0 Å². The van der Waals surface area contributed by atoms with Crippen molar-refractivity contribution >= 4 is 21.6 Å². The first-order valence-corrected chi connectivity index (χ1v) is 9.01. The van der Waals surface area contributed by atoms with Gasteiger partial charge in [-0.3, -0.25) is 4.79 Å². The average molecular weight is 348 g/mol. The molecule has 0 aliphatic carbocycles. The molecule has 0 saturated carbocycles. The molecule has 7 heteroatoms. The van der Waals surface area contributed by atoms with Crippen LogP contribution in [0.5, 0.6) is 0 Å². The normalized spacial score (nSPS) is 13.8. The molecule has 0 unspecified atom stereocenters. The van der Waals surface area contributed by atoms with Crippen LogP contribution in [0.1, 0.15) is 18.1 Å². The average Bonchev–Trinajstić information content (AvgIpc) is 2.96. The number of carbonyl (C=O) groups excluding carboxylic acids is 1. The van der Waals surface area contributed by atoms with Crippen molar-refractivity contribution in [2.45, 2.75) is 24.8 Å². The van der Waals surface area contributed by atoms with Crippen molar-refractivity contribution in [3.8, 4) is 0 Å². The van der Waals surface area contributed by atoms with Crippen LogP contribution in [0, 0.1) is 5.82 Å². The van der Waals surface area contributed by atoms with E-state index in [1.807, 2.05) is 12.1 Å². The molecule has 1 amide bonds. The molecule has 0 fully saturated rings. The Morgan fingerprint density at radius 2 is 2.00 bits per heavy atom. The third kappa shape index (κ3) is 3.18. The fourth-order valence-electron chi connectivity index (χ4n) is 2.81. The van der Waals surface area contributed by atoms with Crippen molar-refractivity contribution in [1.29, 1.82) is 0 Å². The zero-order valence-electron chi connectivity index (χ0n) is 13.1. The first kappa shape index (κ1) is 16.6. The van der Waals surface area contributed by atoms with Gasteiger partial charge in [-0.1, -0.05) is 24.3 Å². The van der Waals surface area contributed by atoms with Crippen LogP contribution in [0.15, 0.2) is 47.4 Å². The number of sulfonamides is 1.